The molecular formula is C21H26F3N3O5S2. The molecule has 8 nitrogen and oxygen atoms in total. The van der Waals surface area contributed by atoms with Gasteiger partial charge in [-0.25, -0.2) is 13.1 Å². The summed E-state index contributed by atoms with van der Waals surface area (Å²) in [6.07, 6.45) is -7.03. The SMILES string of the molecule is O=S(=O)(NCC1OC(CO)C(O)C1N1CCN(c2cccc(C(F)(F)F)c2)CC1)c1cccs1. The van der Waals surface area contributed by atoms with Gasteiger partial charge in [-0.3, -0.25) is 4.90 Å². The van der Waals surface area contributed by atoms with Gasteiger partial charge in [0, 0.05) is 38.4 Å². The third-order valence-corrected chi connectivity index (χ3v) is 8.97. The topological polar surface area (TPSA) is 102 Å². The number of piperazine rings is 1. The third-order valence-electron chi connectivity index (χ3n) is 6.15. The monoisotopic (exact) mass is 521 g/mol. The number of alkyl halides is 3. The van der Waals surface area contributed by atoms with E-state index in [9.17, 15) is 31.8 Å². The molecule has 0 saturated carbocycles. The summed E-state index contributed by atoms with van der Waals surface area (Å²) in [4.78, 5) is 3.78. The highest BCUT2D eigenvalue weighted by Crippen LogP contribution is 2.33. The number of sulfonamides is 1. The van der Waals surface area contributed by atoms with Crippen molar-refractivity contribution in [1.82, 2.24) is 9.62 Å². The van der Waals surface area contributed by atoms with Crippen LogP contribution in [0.4, 0.5) is 18.9 Å². The van der Waals surface area contributed by atoms with Crippen molar-refractivity contribution in [3.05, 3.63) is 47.3 Å². The zero-order valence-corrected chi connectivity index (χ0v) is 19.7. The lowest BCUT2D eigenvalue weighted by Crippen LogP contribution is -2.57. The smallest absolute Gasteiger partial charge is 0.394 e. The Hall–Kier alpha value is -1.74. The van der Waals surface area contributed by atoms with Crippen molar-refractivity contribution in [2.24, 2.45) is 0 Å². The first kappa shape index (κ1) is 25.4. The summed E-state index contributed by atoms with van der Waals surface area (Å²) in [6.45, 7) is 1.17. The molecule has 0 radical (unpaired) electrons. The van der Waals surface area contributed by atoms with Crippen LogP contribution in [0.3, 0.4) is 0 Å². The van der Waals surface area contributed by atoms with Gasteiger partial charge in [-0.15, -0.1) is 11.3 Å². The fourth-order valence-corrected chi connectivity index (χ4v) is 6.52. The molecule has 2 saturated heterocycles. The van der Waals surface area contributed by atoms with Crippen LogP contribution in [0.1, 0.15) is 5.56 Å². The molecule has 0 spiro atoms. The number of benzene rings is 1. The van der Waals surface area contributed by atoms with Crippen molar-refractivity contribution in [1.29, 1.82) is 0 Å². The number of aliphatic hydroxyl groups excluding tert-OH is 2. The fourth-order valence-electron chi connectivity index (χ4n) is 4.43. The Bertz CT molecular complexity index is 1060. The van der Waals surface area contributed by atoms with Crippen LogP contribution in [0.5, 0.6) is 0 Å². The molecule has 1 aromatic carbocycles. The molecule has 2 aromatic rings. The maximum Gasteiger partial charge on any atom is 0.416 e. The normalized spacial score (nSPS) is 26.8. The zero-order valence-electron chi connectivity index (χ0n) is 18.1. The molecule has 0 aliphatic carbocycles. The van der Waals surface area contributed by atoms with E-state index >= 15 is 0 Å². The first-order valence-corrected chi connectivity index (χ1v) is 13.1. The minimum absolute atomic E-state index is 0.0910. The zero-order chi connectivity index (χ0) is 24.5. The number of aliphatic hydroxyl groups is 2. The second kappa shape index (κ2) is 10.1. The second-order valence-electron chi connectivity index (χ2n) is 8.23. The van der Waals surface area contributed by atoms with E-state index in [-0.39, 0.29) is 10.8 Å². The number of rotatable bonds is 7. The molecule has 4 atom stereocenters. The van der Waals surface area contributed by atoms with Crippen LogP contribution in [-0.4, -0.2) is 87.2 Å². The van der Waals surface area contributed by atoms with E-state index in [2.05, 4.69) is 4.72 Å². The summed E-state index contributed by atoms with van der Waals surface area (Å²) in [5.41, 5.74) is -0.248. The lowest BCUT2D eigenvalue weighted by molar-refractivity contribution is -0.137. The molecule has 2 fully saturated rings. The Kier molecular flexibility index (Phi) is 7.53. The lowest BCUT2D eigenvalue weighted by atomic mass is 10.0. The number of ether oxygens (including phenoxy) is 1. The molecule has 34 heavy (non-hydrogen) atoms. The molecule has 2 aliphatic heterocycles. The van der Waals surface area contributed by atoms with E-state index in [4.69, 9.17) is 4.74 Å². The molecule has 188 valence electrons. The van der Waals surface area contributed by atoms with Crippen molar-refractivity contribution in [2.75, 3.05) is 44.2 Å². The van der Waals surface area contributed by atoms with Gasteiger partial charge < -0.3 is 19.8 Å². The van der Waals surface area contributed by atoms with E-state index in [0.717, 1.165) is 23.5 Å². The molecule has 0 bridgehead atoms. The molecule has 3 heterocycles. The van der Waals surface area contributed by atoms with Gasteiger partial charge in [-0.2, -0.15) is 13.2 Å². The Balaban J connectivity index is 1.43. The summed E-state index contributed by atoms with van der Waals surface area (Å²) < 4.78 is 72.6. The number of thiophene rings is 1. The highest BCUT2D eigenvalue weighted by molar-refractivity contribution is 7.91. The maximum absolute atomic E-state index is 13.1. The second-order valence-corrected chi connectivity index (χ2v) is 11.2. The predicted octanol–water partition coefficient (Wildman–Crippen LogP) is 1.36. The Morgan fingerprint density at radius 3 is 2.47 bits per heavy atom. The highest BCUT2D eigenvalue weighted by Gasteiger charge is 2.47. The van der Waals surface area contributed by atoms with E-state index in [1.807, 2.05) is 9.80 Å². The molecule has 1 aromatic heterocycles. The minimum Gasteiger partial charge on any atom is -0.394 e. The average Bonchev–Trinajstić information content (AvgIpc) is 3.46. The van der Waals surface area contributed by atoms with Crippen molar-refractivity contribution in [2.45, 2.75) is 34.7 Å². The van der Waals surface area contributed by atoms with E-state index in [0.29, 0.717) is 31.9 Å². The van der Waals surface area contributed by atoms with Gasteiger partial charge in [0.05, 0.1) is 24.3 Å². The van der Waals surface area contributed by atoms with E-state index in [1.54, 1.807) is 17.5 Å². The largest absolute Gasteiger partial charge is 0.416 e. The Labute approximate surface area is 199 Å². The van der Waals surface area contributed by atoms with Gasteiger partial charge in [0.15, 0.2) is 0 Å². The van der Waals surface area contributed by atoms with Crippen LogP contribution in [0.2, 0.25) is 0 Å². The third kappa shape index (κ3) is 5.40. The number of hydrogen-bond donors (Lipinski definition) is 3. The van der Waals surface area contributed by atoms with Gasteiger partial charge in [0.1, 0.15) is 16.4 Å². The predicted molar refractivity (Wildman–Crippen MR) is 120 cm³/mol. The van der Waals surface area contributed by atoms with E-state index < -0.39 is 52.7 Å². The Morgan fingerprint density at radius 1 is 1.12 bits per heavy atom. The quantitative estimate of drug-likeness (QED) is 0.506. The lowest BCUT2D eigenvalue weighted by Gasteiger charge is -2.41. The summed E-state index contributed by atoms with van der Waals surface area (Å²) in [5.74, 6) is 0. The molecule has 13 heteroatoms. The van der Waals surface area contributed by atoms with Crippen LogP contribution in [-0.2, 0) is 20.9 Å². The first-order valence-electron chi connectivity index (χ1n) is 10.7. The van der Waals surface area contributed by atoms with E-state index in [1.165, 1.54) is 12.1 Å². The fraction of sp³-hybridized carbons (Fsp3) is 0.524. The average molecular weight is 522 g/mol. The summed E-state index contributed by atoms with van der Waals surface area (Å²) in [5, 5.41) is 22.0. The van der Waals surface area contributed by atoms with Gasteiger partial charge >= 0.3 is 6.18 Å². The summed E-state index contributed by atoms with van der Waals surface area (Å²) in [6, 6.07) is 7.69. The van der Waals surface area contributed by atoms with Crippen LogP contribution in [0.15, 0.2) is 46.0 Å². The highest BCUT2D eigenvalue weighted by atomic mass is 32.2. The standard InChI is InChI=1S/C21H26F3N3O5S2/c22-21(23,24)14-3-1-4-15(11-14)26-6-8-27(9-7-26)19-16(32-17(13-28)20(19)29)12-25-34(30,31)18-5-2-10-33-18/h1-5,10-11,16-17,19-20,25,28-29H,6-9,12-13H2. The molecule has 2 aliphatic rings. The number of hydrogen-bond acceptors (Lipinski definition) is 8. The summed E-state index contributed by atoms with van der Waals surface area (Å²) in [7, 11) is -3.74. The van der Waals surface area contributed by atoms with Crippen molar-refractivity contribution < 1.29 is 36.5 Å². The number of nitrogens with one attached hydrogen (secondary N) is 1. The number of halogens is 3. The van der Waals surface area contributed by atoms with Crippen molar-refractivity contribution in [3.8, 4) is 0 Å². The van der Waals surface area contributed by atoms with Crippen LogP contribution in [0.25, 0.3) is 0 Å². The van der Waals surface area contributed by atoms with Crippen molar-refractivity contribution in [3.63, 3.8) is 0 Å². The molecule has 0 amide bonds. The van der Waals surface area contributed by atoms with Crippen molar-refractivity contribution >= 4 is 27.0 Å². The first-order chi connectivity index (χ1) is 16.1. The van der Waals surface area contributed by atoms with Crippen LogP contribution >= 0.6 is 11.3 Å². The molecule has 4 unspecified atom stereocenters. The van der Waals surface area contributed by atoms with Gasteiger partial charge in [0.2, 0.25) is 10.0 Å². The minimum atomic E-state index is -4.42. The van der Waals surface area contributed by atoms with Gasteiger partial charge in [-0.1, -0.05) is 12.1 Å². The van der Waals surface area contributed by atoms with Crippen LogP contribution in [0, 0.1) is 0 Å². The molecule has 4 rings (SSSR count). The van der Waals surface area contributed by atoms with Crippen LogP contribution < -0.4 is 9.62 Å². The van der Waals surface area contributed by atoms with Gasteiger partial charge in [-0.05, 0) is 29.6 Å². The summed E-state index contributed by atoms with van der Waals surface area (Å²) >= 11 is 1.08. The van der Waals surface area contributed by atoms with Gasteiger partial charge in [0.25, 0.3) is 0 Å². The molecular weight excluding hydrogens is 495 g/mol. The maximum atomic E-state index is 13.1. The molecule has 3 N–H and O–H groups in total. The number of nitrogens with zero attached hydrogens (tertiary/aromatic N) is 2. The Morgan fingerprint density at radius 2 is 1.85 bits per heavy atom. The number of anilines is 1.